The second-order valence-electron chi connectivity index (χ2n) is 4.72. The molecule has 21 heavy (non-hydrogen) atoms. The Morgan fingerprint density at radius 2 is 1.90 bits per heavy atom. The summed E-state index contributed by atoms with van der Waals surface area (Å²) in [5.74, 6) is 1.56. The Morgan fingerprint density at radius 3 is 2.48 bits per heavy atom. The van der Waals surface area contributed by atoms with Gasteiger partial charge in [0, 0.05) is 7.05 Å². The average molecular weight is 289 g/mol. The van der Waals surface area contributed by atoms with E-state index in [0.29, 0.717) is 13.2 Å². The van der Waals surface area contributed by atoms with Gasteiger partial charge in [0.15, 0.2) is 11.5 Å². The molecule has 0 amide bonds. The summed E-state index contributed by atoms with van der Waals surface area (Å²) in [6, 6.07) is 6.11. The van der Waals surface area contributed by atoms with E-state index in [1.165, 1.54) is 0 Å². The first-order valence-corrected chi connectivity index (χ1v) is 7.24. The molecule has 0 radical (unpaired) electrons. The molecule has 0 spiro atoms. The van der Waals surface area contributed by atoms with Gasteiger partial charge in [-0.1, -0.05) is 6.07 Å². The van der Waals surface area contributed by atoms with Crippen LogP contribution in [0.3, 0.4) is 0 Å². The van der Waals surface area contributed by atoms with Crippen LogP contribution in [0.1, 0.15) is 31.1 Å². The maximum Gasteiger partial charge on any atom is 0.161 e. The zero-order valence-corrected chi connectivity index (χ0v) is 13.1. The van der Waals surface area contributed by atoms with Crippen LogP contribution in [0, 0.1) is 0 Å². The van der Waals surface area contributed by atoms with Gasteiger partial charge >= 0.3 is 0 Å². The fourth-order valence-corrected chi connectivity index (χ4v) is 2.38. The number of imidazole rings is 1. The van der Waals surface area contributed by atoms with Crippen molar-refractivity contribution in [3.63, 3.8) is 0 Å². The van der Waals surface area contributed by atoms with Crippen LogP contribution in [0.5, 0.6) is 11.5 Å². The molecule has 2 rings (SSSR count). The molecule has 0 aliphatic heterocycles. The minimum absolute atomic E-state index is 0.0624. The minimum Gasteiger partial charge on any atom is -0.490 e. The van der Waals surface area contributed by atoms with E-state index in [4.69, 9.17) is 9.47 Å². The number of benzene rings is 1. The maximum absolute atomic E-state index is 5.70. The molecule has 0 saturated heterocycles. The second kappa shape index (κ2) is 7.13. The Bertz CT molecular complexity index is 581. The molecule has 5 nitrogen and oxygen atoms in total. The summed E-state index contributed by atoms with van der Waals surface area (Å²) < 4.78 is 13.3. The molecule has 0 fully saturated rings. The Balaban J connectivity index is 2.38. The molecule has 1 aromatic carbocycles. The Labute approximate surface area is 125 Å². The van der Waals surface area contributed by atoms with Crippen molar-refractivity contribution in [3.8, 4) is 11.5 Å². The summed E-state index contributed by atoms with van der Waals surface area (Å²) in [7, 11) is 3.93. The van der Waals surface area contributed by atoms with Crippen LogP contribution in [0.15, 0.2) is 30.7 Å². The maximum atomic E-state index is 5.70. The summed E-state index contributed by atoms with van der Waals surface area (Å²) >= 11 is 0. The average Bonchev–Trinajstić information content (AvgIpc) is 2.89. The van der Waals surface area contributed by atoms with E-state index >= 15 is 0 Å². The quantitative estimate of drug-likeness (QED) is 0.851. The summed E-state index contributed by atoms with van der Waals surface area (Å²) in [5, 5.41) is 3.33. The highest BCUT2D eigenvalue weighted by Gasteiger charge is 2.17. The standard InChI is InChI=1S/C16H23N3O2/c1-5-20-14-8-7-12(9-15(14)21-6-2)16(17-3)13-10-18-11-19(13)4/h7-11,16-17H,5-6H2,1-4H3. The lowest BCUT2D eigenvalue weighted by Crippen LogP contribution is -2.20. The van der Waals surface area contributed by atoms with E-state index in [9.17, 15) is 0 Å². The van der Waals surface area contributed by atoms with Gasteiger partial charge in [0.25, 0.3) is 0 Å². The monoisotopic (exact) mass is 289 g/mol. The van der Waals surface area contributed by atoms with Crippen molar-refractivity contribution < 1.29 is 9.47 Å². The molecule has 1 unspecified atom stereocenters. The zero-order valence-electron chi connectivity index (χ0n) is 13.1. The number of aromatic nitrogens is 2. The number of aryl methyl sites for hydroxylation is 1. The third kappa shape index (κ3) is 3.36. The fraction of sp³-hybridized carbons (Fsp3) is 0.438. The van der Waals surface area contributed by atoms with Crippen molar-refractivity contribution in [2.45, 2.75) is 19.9 Å². The van der Waals surface area contributed by atoms with Gasteiger partial charge in [-0.05, 0) is 38.6 Å². The van der Waals surface area contributed by atoms with E-state index < -0.39 is 0 Å². The van der Waals surface area contributed by atoms with Crippen molar-refractivity contribution >= 4 is 0 Å². The molecule has 0 bridgehead atoms. The van der Waals surface area contributed by atoms with Crippen LogP contribution in [-0.4, -0.2) is 29.8 Å². The lowest BCUT2D eigenvalue weighted by Gasteiger charge is -2.19. The van der Waals surface area contributed by atoms with Gasteiger partial charge in [-0.2, -0.15) is 0 Å². The highest BCUT2D eigenvalue weighted by Crippen LogP contribution is 2.32. The Kier molecular flexibility index (Phi) is 5.22. The van der Waals surface area contributed by atoms with Gasteiger partial charge in [-0.15, -0.1) is 0 Å². The van der Waals surface area contributed by atoms with E-state index in [0.717, 1.165) is 22.8 Å². The summed E-state index contributed by atoms with van der Waals surface area (Å²) in [6.07, 6.45) is 3.68. The van der Waals surface area contributed by atoms with Crippen molar-refractivity contribution in [2.24, 2.45) is 7.05 Å². The topological polar surface area (TPSA) is 48.3 Å². The lowest BCUT2D eigenvalue weighted by atomic mass is 10.0. The molecule has 0 aliphatic carbocycles. The molecule has 0 aliphatic rings. The molecule has 2 aromatic rings. The van der Waals surface area contributed by atoms with Crippen LogP contribution >= 0.6 is 0 Å². The molecule has 114 valence electrons. The zero-order chi connectivity index (χ0) is 15.2. The largest absolute Gasteiger partial charge is 0.490 e. The van der Waals surface area contributed by atoms with E-state index in [1.54, 1.807) is 6.33 Å². The number of hydrogen-bond donors (Lipinski definition) is 1. The van der Waals surface area contributed by atoms with Crippen molar-refractivity contribution in [3.05, 3.63) is 42.0 Å². The smallest absolute Gasteiger partial charge is 0.161 e. The minimum atomic E-state index is 0.0624. The van der Waals surface area contributed by atoms with E-state index in [-0.39, 0.29) is 6.04 Å². The highest BCUT2D eigenvalue weighted by molar-refractivity contribution is 5.45. The first-order chi connectivity index (χ1) is 10.2. The third-order valence-electron chi connectivity index (χ3n) is 3.34. The van der Waals surface area contributed by atoms with E-state index in [1.807, 2.05) is 50.8 Å². The molecule has 1 aromatic heterocycles. The molecule has 5 heteroatoms. The molecule has 1 atom stereocenters. The number of hydrogen-bond acceptors (Lipinski definition) is 4. The number of ether oxygens (including phenoxy) is 2. The summed E-state index contributed by atoms with van der Waals surface area (Å²) in [5.41, 5.74) is 2.22. The van der Waals surface area contributed by atoms with Gasteiger partial charge in [0.2, 0.25) is 0 Å². The van der Waals surface area contributed by atoms with Crippen LogP contribution in [0.2, 0.25) is 0 Å². The lowest BCUT2D eigenvalue weighted by molar-refractivity contribution is 0.287. The second-order valence-corrected chi connectivity index (χ2v) is 4.72. The van der Waals surface area contributed by atoms with Crippen LogP contribution in [-0.2, 0) is 7.05 Å². The van der Waals surface area contributed by atoms with Gasteiger partial charge < -0.3 is 19.4 Å². The molecule has 1 N–H and O–H groups in total. The van der Waals surface area contributed by atoms with Crippen LogP contribution < -0.4 is 14.8 Å². The van der Waals surface area contributed by atoms with Crippen molar-refractivity contribution in [1.29, 1.82) is 0 Å². The number of nitrogens with one attached hydrogen (secondary N) is 1. The van der Waals surface area contributed by atoms with Crippen molar-refractivity contribution in [2.75, 3.05) is 20.3 Å². The highest BCUT2D eigenvalue weighted by atomic mass is 16.5. The molecule has 0 saturated carbocycles. The Morgan fingerprint density at radius 1 is 1.19 bits per heavy atom. The van der Waals surface area contributed by atoms with Gasteiger partial charge in [-0.3, -0.25) is 0 Å². The van der Waals surface area contributed by atoms with Crippen molar-refractivity contribution in [1.82, 2.24) is 14.9 Å². The molecular weight excluding hydrogens is 266 g/mol. The molecule has 1 heterocycles. The SMILES string of the molecule is CCOc1ccc(C(NC)c2cncn2C)cc1OCC. The van der Waals surface area contributed by atoms with Gasteiger partial charge in [-0.25, -0.2) is 4.98 Å². The fourth-order valence-electron chi connectivity index (χ4n) is 2.38. The van der Waals surface area contributed by atoms with Gasteiger partial charge in [0.05, 0.1) is 37.5 Å². The molecular formula is C16H23N3O2. The Hall–Kier alpha value is -2.01. The van der Waals surface area contributed by atoms with Gasteiger partial charge in [0.1, 0.15) is 0 Å². The number of rotatable bonds is 7. The van der Waals surface area contributed by atoms with Crippen LogP contribution in [0.4, 0.5) is 0 Å². The third-order valence-corrected chi connectivity index (χ3v) is 3.34. The summed E-state index contributed by atoms with van der Waals surface area (Å²) in [6.45, 7) is 5.17. The first-order valence-electron chi connectivity index (χ1n) is 7.24. The predicted molar refractivity (Wildman–Crippen MR) is 82.9 cm³/mol. The normalized spacial score (nSPS) is 12.2. The predicted octanol–water partition coefficient (Wildman–Crippen LogP) is 2.53. The van der Waals surface area contributed by atoms with E-state index in [2.05, 4.69) is 16.4 Å². The number of nitrogens with zero attached hydrogens (tertiary/aromatic N) is 2. The first kappa shape index (κ1) is 15.4. The van der Waals surface area contributed by atoms with Crippen LogP contribution in [0.25, 0.3) is 0 Å². The summed E-state index contributed by atoms with van der Waals surface area (Å²) in [4.78, 5) is 4.19.